The molecule has 0 spiro atoms. The van der Waals surface area contributed by atoms with E-state index in [1.165, 1.54) is 23.5 Å². The minimum Gasteiger partial charge on any atom is -0.492 e. The predicted molar refractivity (Wildman–Crippen MR) is 105 cm³/mol. The van der Waals surface area contributed by atoms with Gasteiger partial charge in [0.2, 0.25) is 10.0 Å². The zero-order valence-corrected chi connectivity index (χ0v) is 16.8. The van der Waals surface area contributed by atoms with E-state index in [1.807, 2.05) is 0 Å². The lowest BCUT2D eigenvalue weighted by Gasteiger charge is -2.32. The largest absolute Gasteiger partial charge is 0.492 e. The number of likely N-dealkylation sites (tertiary alicyclic amines) is 1. The highest BCUT2D eigenvalue weighted by Gasteiger charge is 2.26. The Morgan fingerprint density at radius 3 is 2.71 bits per heavy atom. The fraction of sp³-hybridized carbons (Fsp3) is 0.389. The number of hydrogen-bond donors (Lipinski definition) is 2. The average molecular weight is 428 g/mol. The van der Waals surface area contributed by atoms with Gasteiger partial charge in [0.05, 0.1) is 6.54 Å². The summed E-state index contributed by atoms with van der Waals surface area (Å²) in [4.78, 5) is 13.9. The summed E-state index contributed by atoms with van der Waals surface area (Å²) >= 11 is 1.18. The van der Waals surface area contributed by atoms with Gasteiger partial charge in [0, 0.05) is 25.2 Å². The van der Waals surface area contributed by atoms with E-state index in [4.69, 9.17) is 4.74 Å². The monoisotopic (exact) mass is 427 g/mol. The number of carbonyl (C=O) groups is 1. The van der Waals surface area contributed by atoms with E-state index in [0.717, 1.165) is 0 Å². The highest BCUT2D eigenvalue weighted by atomic mass is 32.2. The molecule has 0 saturated carbocycles. The molecule has 1 saturated heterocycles. The predicted octanol–water partition coefficient (Wildman–Crippen LogP) is 2.42. The number of thiophene rings is 1. The van der Waals surface area contributed by atoms with Gasteiger partial charge in [0.1, 0.15) is 22.4 Å². The summed E-state index contributed by atoms with van der Waals surface area (Å²) in [5.41, 5.74) is 0. The van der Waals surface area contributed by atoms with E-state index in [2.05, 4.69) is 10.0 Å². The fourth-order valence-corrected chi connectivity index (χ4v) is 5.20. The molecule has 2 N–H and O–H groups in total. The molecule has 10 heteroatoms. The van der Waals surface area contributed by atoms with Crippen molar-refractivity contribution in [3.05, 3.63) is 47.6 Å². The van der Waals surface area contributed by atoms with Gasteiger partial charge in [-0.3, -0.25) is 0 Å². The second kappa shape index (κ2) is 9.35. The lowest BCUT2D eigenvalue weighted by Crippen LogP contribution is -2.49. The van der Waals surface area contributed by atoms with Crippen molar-refractivity contribution in [3.8, 4) is 5.75 Å². The van der Waals surface area contributed by atoms with Gasteiger partial charge >= 0.3 is 6.03 Å². The molecule has 3 rings (SSSR count). The van der Waals surface area contributed by atoms with Crippen LogP contribution in [0.15, 0.2) is 46.0 Å². The molecule has 7 nitrogen and oxygen atoms in total. The van der Waals surface area contributed by atoms with Gasteiger partial charge in [0.25, 0.3) is 0 Å². The molecule has 0 unspecified atom stereocenters. The van der Waals surface area contributed by atoms with Crippen LogP contribution in [0.5, 0.6) is 5.75 Å². The van der Waals surface area contributed by atoms with E-state index in [0.29, 0.717) is 42.4 Å². The number of carbonyl (C=O) groups excluding carboxylic acids is 1. The summed E-state index contributed by atoms with van der Waals surface area (Å²) < 4.78 is 46.0. The second-order valence-electron chi connectivity index (χ2n) is 6.35. The zero-order valence-electron chi connectivity index (χ0n) is 15.1. The maximum Gasteiger partial charge on any atom is 0.317 e. The molecule has 0 atom stereocenters. The van der Waals surface area contributed by atoms with Crippen LogP contribution < -0.4 is 14.8 Å². The van der Waals surface area contributed by atoms with Crippen molar-refractivity contribution >= 4 is 27.4 Å². The highest BCUT2D eigenvalue weighted by Crippen LogP contribution is 2.18. The first-order valence-corrected chi connectivity index (χ1v) is 11.3. The fourth-order valence-electron chi connectivity index (χ4n) is 2.89. The van der Waals surface area contributed by atoms with E-state index in [1.54, 1.807) is 34.5 Å². The molecule has 1 aliphatic rings. The van der Waals surface area contributed by atoms with Gasteiger partial charge in [-0.1, -0.05) is 12.1 Å². The molecule has 152 valence electrons. The molecule has 2 heterocycles. The van der Waals surface area contributed by atoms with Crippen LogP contribution in [0.2, 0.25) is 0 Å². The molecule has 0 aliphatic carbocycles. The minimum atomic E-state index is -3.50. The molecule has 0 bridgehead atoms. The average Bonchev–Trinajstić information content (AvgIpc) is 3.21. The van der Waals surface area contributed by atoms with Gasteiger partial charge in [-0.05, 0) is 36.4 Å². The summed E-state index contributed by atoms with van der Waals surface area (Å²) in [6, 6.07) is 8.68. The number of sulfonamides is 1. The van der Waals surface area contributed by atoms with Gasteiger partial charge in [-0.25, -0.2) is 22.3 Å². The number of rotatable bonds is 7. The Hall–Kier alpha value is -2.17. The van der Waals surface area contributed by atoms with Crippen molar-refractivity contribution in [2.45, 2.75) is 23.1 Å². The third kappa shape index (κ3) is 5.66. The molecule has 2 amide bonds. The van der Waals surface area contributed by atoms with Crippen molar-refractivity contribution in [1.29, 1.82) is 0 Å². The highest BCUT2D eigenvalue weighted by molar-refractivity contribution is 7.91. The number of benzene rings is 1. The van der Waals surface area contributed by atoms with Crippen LogP contribution in [0.3, 0.4) is 0 Å². The number of ether oxygens (including phenoxy) is 1. The SMILES string of the molecule is O=C(NCCOc1cccc(F)c1)N1CCC(NS(=O)(=O)c2cccs2)CC1. The summed E-state index contributed by atoms with van der Waals surface area (Å²) in [6.45, 7) is 1.45. The van der Waals surface area contributed by atoms with Crippen LogP contribution >= 0.6 is 11.3 Å². The van der Waals surface area contributed by atoms with Crippen LogP contribution in [0.4, 0.5) is 9.18 Å². The Morgan fingerprint density at radius 2 is 2.04 bits per heavy atom. The third-order valence-electron chi connectivity index (χ3n) is 4.31. The van der Waals surface area contributed by atoms with Crippen LogP contribution in [0, 0.1) is 5.82 Å². The van der Waals surface area contributed by atoms with Crippen LogP contribution in [-0.4, -0.2) is 51.6 Å². The molecule has 1 aromatic carbocycles. The molecule has 0 radical (unpaired) electrons. The smallest absolute Gasteiger partial charge is 0.317 e. The summed E-state index contributed by atoms with van der Waals surface area (Å²) in [5.74, 6) is 0.0344. The lowest BCUT2D eigenvalue weighted by atomic mass is 10.1. The number of hydrogen-bond acceptors (Lipinski definition) is 5. The molecular weight excluding hydrogens is 405 g/mol. The third-order valence-corrected chi connectivity index (χ3v) is 7.22. The number of urea groups is 1. The van der Waals surface area contributed by atoms with E-state index < -0.39 is 10.0 Å². The topological polar surface area (TPSA) is 87.7 Å². The van der Waals surface area contributed by atoms with Crippen molar-refractivity contribution < 1.29 is 22.3 Å². The Balaban J connectivity index is 1.37. The first kappa shape index (κ1) is 20.6. The van der Waals surface area contributed by atoms with E-state index in [-0.39, 0.29) is 24.5 Å². The van der Waals surface area contributed by atoms with Crippen molar-refractivity contribution in [1.82, 2.24) is 14.9 Å². The quantitative estimate of drug-likeness (QED) is 0.665. The van der Waals surface area contributed by atoms with Gasteiger partial charge in [-0.2, -0.15) is 0 Å². The zero-order chi connectivity index (χ0) is 20.0. The van der Waals surface area contributed by atoms with E-state index in [9.17, 15) is 17.6 Å². The minimum absolute atomic E-state index is 0.188. The molecule has 28 heavy (non-hydrogen) atoms. The summed E-state index contributed by atoms with van der Waals surface area (Å²) in [7, 11) is -3.50. The number of amides is 2. The summed E-state index contributed by atoms with van der Waals surface area (Å²) in [5, 5.41) is 4.48. The second-order valence-corrected chi connectivity index (χ2v) is 9.24. The van der Waals surface area contributed by atoms with Crippen molar-refractivity contribution in [2.24, 2.45) is 0 Å². The van der Waals surface area contributed by atoms with Crippen molar-refractivity contribution in [3.63, 3.8) is 0 Å². The van der Waals surface area contributed by atoms with Crippen LogP contribution in [0.1, 0.15) is 12.8 Å². The number of piperidine rings is 1. The Labute approximate surface area is 167 Å². The normalized spacial score (nSPS) is 15.4. The Bertz CT molecular complexity index is 882. The van der Waals surface area contributed by atoms with Gasteiger partial charge in [-0.15, -0.1) is 11.3 Å². The summed E-state index contributed by atoms with van der Waals surface area (Å²) in [6.07, 6.45) is 1.11. The first-order valence-electron chi connectivity index (χ1n) is 8.91. The van der Waals surface area contributed by atoms with Crippen molar-refractivity contribution in [2.75, 3.05) is 26.2 Å². The molecule has 1 aromatic heterocycles. The van der Waals surface area contributed by atoms with E-state index >= 15 is 0 Å². The van der Waals surface area contributed by atoms with Gasteiger partial charge in [0.15, 0.2) is 0 Å². The molecule has 1 aliphatic heterocycles. The molecule has 1 fully saturated rings. The molecule has 2 aromatic rings. The Kier molecular flexibility index (Phi) is 6.87. The Morgan fingerprint density at radius 1 is 1.25 bits per heavy atom. The molecular formula is C18H22FN3O4S2. The number of halogens is 1. The first-order chi connectivity index (χ1) is 13.4. The van der Waals surface area contributed by atoms with Crippen LogP contribution in [-0.2, 0) is 10.0 Å². The number of nitrogens with one attached hydrogen (secondary N) is 2. The van der Waals surface area contributed by atoms with Crippen LogP contribution in [0.25, 0.3) is 0 Å². The maximum absolute atomic E-state index is 13.1. The van der Waals surface area contributed by atoms with Gasteiger partial charge < -0.3 is 15.0 Å². The maximum atomic E-state index is 13.1. The lowest BCUT2D eigenvalue weighted by molar-refractivity contribution is 0.177. The standard InChI is InChI=1S/C18H22FN3O4S2/c19-14-3-1-4-16(13-14)26-11-8-20-18(23)22-9-6-15(7-10-22)21-28(24,25)17-5-2-12-27-17/h1-5,12-13,15,21H,6-11H2,(H,20,23). The number of nitrogens with zero attached hydrogens (tertiary/aromatic N) is 1.